The van der Waals surface area contributed by atoms with Gasteiger partial charge in [-0.3, -0.25) is 0 Å². The molecule has 4 nitrogen and oxygen atoms in total. The van der Waals surface area contributed by atoms with Crippen LogP contribution in [0.25, 0.3) is 0 Å². The van der Waals surface area contributed by atoms with Crippen LogP contribution in [-0.2, 0) is 19.3 Å². The smallest absolute Gasteiger partial charge is 0.122 e. The number of phenolic OH excluding ortho intramolecular Hbond substituents is 4. The molecule has 4 heteroatoms. The molecule has 0 saturated heterocycles. The molecule has 0 spiro atoms. The van der Waals surface area contributed by atoms with Crippen LogP contribution in [0.1, 0.15) is 44.5 Å². The zero-order chi connectivity index (χ0) is 23.5. The van der Waals surface area contributed by atoms with E-state index < -0.39 is 0 Å². The van der Waals surface area contributed by atoms with E-state index in [-0.39, 0.29) is 23.0 Å². The number of phenols is 4. The second-order valence-electron chi connectivity index (χ2n) is 8.73. The molecular formula is C29H28O4. The quantitative estimate of drug-likeness (QED) is 0.301. The van der Waals surface area contributed by atoms with Crippen molar-refractivity contribution < 1.29 is 20.4 Å². The van der Waals surface area contributed by atoms with Gasteiger partial charge in [0.15, 0.2) is 0 Å². The summed E-state index contributed by atoms with van der Waals surface area (Å²) in [6.07, 6.45) is 1.51. The number of aromatic hydroxyl groups is 4. The van der Waals surface area contributed by atoms with Gasteiger partial charge in [0.05, 0.1) is 0 Å². The number of benzene rings is 4. The van der Waals surface area contributed by atoms with Gasteiger partial charge >= 0.3 is 0 Å². The van der Waals surface area contributed by atoms with Crippen molar-refractivity contribution >= 4 is 0 Å². The van der Waals surface area contributed by atoms with Crippen molar-refractivity contribution in [1.82, 2.24) is 0 Å². The van der Waals surface area contributed by atoms with E-state index in [1.165, 1.54) is 0 Å². The summed E-state index contributed by atoms with van der Waals surface area (Å²) in [6.45, 7) is 3.99. The molecule has 0 aromatic heterocycles. The molecule has 168 valence electrons. The summed E-state index contributed by atoms with van der Waals surface area (Å²) >= 11 is 0. The lowest BCUT2D eigenvalue weighted by Crippen LogP contribution is -1.99. The highest BCUT2D eigenvalue weighted by atomic mass is 16.3. The molecule has 0 aliphatic rings. The van der Waals surface area contributed by atoms with Gasteiger partial charge in [-0.2, -0.15) is 0 Å². The Balaban J connectivity index is 1.64. The van der Waals surface area contributed by atoms with Crippen LogP contribution >= 0.6 is 0 Å². The molecule has 0 fully saturated rings. The van der Waals surface area contributed by atoms with Gasteiger partial charge in [0.2, 0.25) is 0 Å². The predicted octanol–water partition coefficient (Wildman–Crippen LogP) is 5.90. The fourth-order valence-corrected chi connectivity index (χ4v) is 4.28. The first kappa shape index (κ1) is 22.3. The van der Waals surface area contributed by atoms with Gasteiger partial charge in [0.1, 0.15) is 23.0 Å². The molecule has 4 rings (SSSR count). The minimum atomic E-state index is 0.214. The SMILES string of the molecule is Cc1cc(Cc2ccc(O)cc2)c(O)c(Cc2cc(C)cc(Cc3ccc(O)cc3)c2O)c1. The molecule has 4 aromatic rings. The van der Waals surface area contributed by atoms with Crippen LogP contribution in [0.3, 0.4) is 0 Å². The van der Waals surface area contributed by atoms with E-state index in [0.29, 0.717) is 19.3 Å². The Hall–Kier alpha value is -3.92. The van der Waals surface area contributed by atoms with Crippen molar-refractivity contribution in [3.05, 3.63) is 117 Å². The first-order valence-corrected chi connectivity index (χ1v) is 11.0. The van der Waals surface area contributed by atoms with Crippen molar-refractivity contribution in [1.29, 1.82) is 0 Å². The highest BCUT2D eigenvalue weighted by Crippen LogP contribution is 2.34. The van der Waals surface area contributed by atoms with E-state index in [4.69, 9.17) is 0 Å². The lowest BCUT2D eigenvalue weighted by molar-refractivity contribution is 0.456. The zero-order valence-electron chi connectivity index (χ0n) is 18.8. The molecule has 33 heavy (non-hydrogen) atoms. The molecule has 0 saturated carbocycles. The average molecular weight is 441 g/mol. The molecule has 0 bridgehead atoms. The maximum absolute atomic E-state index is 11.0. The molecule has 0 radical (unpaired) electrons. The normalized spacial score (nSPS) is 11.0. The monoisotopic (exact) mass is 440 g/mol. The molecule has 0 heterocycles. The standard InChI is InChI=1S/C29H28O4/c1-18-11-22(15-20-3-7-26(30)8-4-20)28(32)24(13-18)17-25-14-19(2)12-23(29(25)33)16-21-5-9-27(31)10-6-21/h3-14,30-33H,15-17H2,1-2H3. The summed E-state index contributed by atoms with van der Waals surface area (Å²) in [5, 5.41) is 41.1. The van der Waals surface area contributed by atoms with Gasteiger partial charge in [-0.1, -0.05) is 59.7 Å². The van der Waals surface area contributed by atoms with Crippen LogP contribution in [0.4, 0.5) is 0 Å². The van der Waals surface area contributed by atoms with E-state index in [1.807, 2.05) is 62.4 Å². The van der Waals surface area contributed by atoms with Crippen molar-refractivity contribution in [2.24, 2.45) is 0 Å². The zero-order valence-corrected chi connectivity index (χ0v) is 18.8. The Morgan fingerprint density at radius 1 is 0.455 bits per heavy atom. The number of hydrogen-bond acceptors (Lipinski definition) is 4. The molecule has 4 N–H and O–H groups in total. The van der Waals surface area contributed by atoms with Gasteiger partial charge in [-0.05, 0) is 71.5 Å². The van der Waals surface area contributed by atoms with Crippen LogP contribution in [0.15, 0.2) is 72.8 Å². The van der Waals surface area contributed by atoms with E-state index >= 15 is 0 Å². The van der Waals surface area contributed by atoms with Gasteiger partial charge in [-0.15, -0.1) is 0 Å². The topological polar surface area (TPSA) is 80.9 Å². The Morgan fingerprint density at radius 2 is 0.758 bits per heavy atom. The van der Waals surface area contributed by atoms with E-state index in [1.54, 1.807) is 24.3 Å². The minimum absolute atomic E-state index is 0.214. The molecular weight excluding hydrogens is 412 g/mol. The van der Waals surface area contributed by atoms with Crippen LogP contribution in [0.5, 0.6) is 23.0 Å². The second kappa shape index (κ2) is 9.29. The van der Waals surface area contributed by atoms with Crippen LogP contribution in [0.2, 0.25) is 0 Å². The van der Waals surface area contributed by atoms with Gasteiger partial charge in [0, 0.05) is 19.3 Å². The number of rotatable bonds is 6. The fraction of sp³-hybridized carbons (Fsp3) is 0.172. The number of aryl methyl sites for hydroxylation is 2. The largest absolute Gasteiger partial charge is 0.508 e. The minimum Gasteiger partial charge on any atom is -0.508 e. The molecule has 0 amide bonds. The summed E-state index contributed by atoms with van der Waals surface area (Å²) < 4.78 is 0. The Morgan fingerprint density at radius 3 is 1.09 bits per heavy atom. The van der Waals surface area contributed by atoms with E-state index in [9.17, 15) is 20.4 Å². The van der Waals surface area contributed by atoms with Crippen molar-refractivity contribution in [2.75, 3.05) is 0 Å². The lowest BCUT2D eigenvalue weighted by atomic mass is 9.92. The van der Waals surface area contributed by atoms with Crippen LogP contribution < -0.4 is 0 Å². The maximum atomic E-state index is 11.0. The molecule has 0 atom stereocenters. The molecule has 0 unspecified atom stereocenters. The summed E-state index contributed by atoms with van der Waals surface area (Å²) in [7, 11) is 0. The average Bonchev–Trinajstić information content (AvgIpc) is 2.77. The van der Waals surface area contributed by atoms with Gasteiger partial charge in [0.25, 0.3) is 0 Å². The third kappa shape index (κ3) is 5.29. The first-order chi connectivity index (χ1) is 15.8. The molecule has 0 aliphatic heterocycles. The highest BCUT2D eigenvalue weighted by molar-refractivity contribution is 5.52. The Labute approximate surface area is 194 Å². The maximum Gasteiger partial charge on any atom is 0.122 e. The van der Waals surface area contributed by atoms with Crippen molar-refractivity contribution in [2.45, 2.75) is 33.1 Å². The lowest BCUT2D eigenvalue weighted by Gasteiger charge is -2.15. The Kier molecular flexibility index (Phi) is 6.27. The molecule has 0 aliphatic carbocycles. The molecule has 4 aromatic carbocycles. The van der Waals surface area contributed by atoms with Crippen molar-refractivity contribution in [3.63, 3.8) is 0 Å². The second-order valence-corrected chi connectivity index (χ2v) is 8.73. The van der Waals surface area contributed by atoms with Gasteiger partial charge < -0.3 is 20.4 Å². The third-order valence-electron chi connectivity index (χ3n) is 5.87. The summed E-state index contributed by atoms with van der Waals surface area (Å²) in [5.74, 6) is 0.890. The predicted molar refractivity (Wildman–Crippen MR) is 130 cm³/mol. The van der Waals surface area contributed by atoms with Gasteiger partial charge in [-0.25, -0.2) is 0 Å². The summed E-state index contributed by atoms with van der Waals surface area (Å²) in [6, 6.07) is 21.8. The van der Waals surface area contributed by atoms with Crippen molar-refractivity contribution in [3.8, 4) is 23.0 Å². The van der Waals surface area contributed by atoms with Crippen LogP contribution in [-0.4, -0.2) is 20.4 Å². The third-order valence-corrected chi connectivity index (χ3v) is 5.87. The highest BCUT2D eigenvalue weighted by Gasteiger charge is 2.15. The Bertz CT molecular complexity index is 1170. The fourth-order valence-electron chi connectivity index (χ4n) is 4.28. The van der Waals surface area contributed by atoms with Crippen LogP contribution in [0, 0.1) is 13.8 Å². The van der Waals surface area contributed by atoms with E-state index in [2.05, 4.69) is 0 Å². The first-order valence-electron chi connectivity index (χ1n) is 11.0. The summed E-state index contributed by atoms with van der Waals surface area (Å²) in [4.78, 5) is 0. The number of hydrogen-bond donors (Lipinski definition) is 4. The summed E-state index contributed by atoms with van der Waals surface area (Å²) in [5.41, 5.74) is 7.21. The van der Waals surface area contributed by atoms with E-state index in [0.717, 1.165) is 44.5 Å².